The number of guanidine groups is 1. The number of thiazole rings is 1. The van der Waals surface area contributed by atoms with Crippen LogP contribution in [0.1, 0.15) is 36.0 Å². The Morgan fingerprint density at radius 3 is 2.59 bits per heavy atom. The fourth-order valence-electron chi connectivity index (χ4n) is 3.41. The van der Waals surface area contributed by atoms with Crippen LogP contribution in [0.15, 0.2) is 34.6 Å². The predicted molar refractivity (Wildman–Crippen MR) is 135 cm³/mol. The number of rotatable bonds is 7. The lowest BCUT2D eigenvalue weighted by Gasteiger charge is -2.31. The molecule has 0 aliphatic carbocycles. The summed E-state index contributed by atoms with van der Waals surface area (Å²) in [6.45, 7) is 7.14. The second-order valence-corrected chi connectivity index (χ2v) is 8.62. The molecule has 0 saturated carbocycles. The maximum absolute atomic E-state index is 5.94. The van der Waals surface area contributed by atoms with Crippen LogP contribution in [0.3, 0.4) is 0 Å². The summed E-state index contributed by atoms with van der Waals surface area (Å²) in [4.78, 5) is 11.6. The fourth-order valence-corrected chi connectivity index (χ4v) is 4.27. The third kappa shape index (κ3) is 8.03. The number of hydrogen-bond donors (Lipinski definition) is 2. The van der Waals surface area contributed by atoms with Crippen LogP contribution in [0, 0.1) is 5.92 Å². The minimum Gasteiger partial charge on any atom is -0.356 e. The molecule has 8 heteroatoms. The third-order valence-electron chi connectivity index (χ3n) is 5.15. The van der Waals surface area contributed by atoms with Gasteiger partial charge >= 0.3 is 0 Å². The van der Waals surface area contributed by atoms with E-state index in [4.69, 9.17) is 16.6 Å². The highest BCUT2D eigenvalue weighted by Gasteiger charge is 2.20. The first-order valence-corrected chi connectivity index (χ1v) is 11.3. The molecule has 1 fully saturated rings. The molecule has 5 nitrogen and oxygen atoms in total. The summed E-state index contributed by atoms with van der Waals surface area (Å²) in [6.07, 6.45) is 3.46. The number of aryl methyl sites for hydroxylation is 1. The second-order valence-electron chi connectivity index (χ2n) is 7.24. The van der Waals surface area contributed by atoms with Crippen molar-refractivity contribution >= 4 is 52.9 Å². The molecule has 1 aromatic heterocycles. The zero-order valence-corrected chi connectivity index (χ0v) is 21.1. The SMILES string of the molecule is CCc1nc(CN2CCC(CNC(=NC)NCc3ccc(Cl)cc3)CC2)cs1.I. The number of nitrogens with one attached hydrogen (secondary N) is 2. The van der Waals surface area contributed by atoms with E-state index in [9.17, 15) is 0 Å². The van der Waals surface area contributed by atoms with E-state index >= 15 is 0 Å². The summed E-state index contributed by atoms with van der Waals surface area (Å²) in [5.74, 6) is 1.54. The van der Waals surface area contributed by atoms with Crippen LogP contribution in [0.2, 0.25) is 5.02 Å². The normalized spacial score (nSPS) is 15.8. The van der Waals surface area contributed by atoms with E-state index in [1.807, 2.05) is 31.3 Å². The first kappa shape index (κ1) is 24.4. The number of hydrogen-bond acceptors (Lipinski definition) is 4. The van der Waals surface area contributed by atoms with Gasteiger partial charge in [0.1, 0.15) is 0 Å². The van der Waals surface area contributed by atoms with Gasteiger partial charge in [-0.15, -0.1) is 35.3 Å². The summed E-state index contributed by atoms with van der Waals surface area (Å²) >= 11 is 7.72. The highest BCUT2D eigenvalue weighted by atomic mass is 127. The van der Waals surface area contributed by atoms with Crippen LogP contribution in [0.4, 0.5) is 0 Å². The average molecular weight is 548 g/mol. The Labute approximate surface area is 200 Å². The number of likely N-dealkylation sites (tertiary alicyclic amines) is 1. The van der Waals surface area contributed by atoms with Crippen LogP contribution in [0.25, 0.3) is 0 Å². The Kier molecular flexibility index (Phi) is 10.7. The molecule has 1 aliphatic rings. The Hall–Kier alpha value is -0.900. The predicted octanol–water partition coefficient (Wildman–Crippen LogP) is 4.55. The van der Waals surface area contributed by atoms with Crippen LogP contribution in [-0.2, 0) is 19.5 Å². The van der Waals surface area contributed by atoms with Gasteiger partial charge in [-0.1, -0.05) is 30.7 Å². The smallest absolute Gasteiger partial charge is 0.191 e. The molecule has 2 heterocycles. The third-order valence-corrected chi connectivity index (χ3v) is 6.44. The lowest BCUT2D eigenvalue weighted by atomic mass is 9.97. The molecular weight excluding hydrogens is 517 g/mol. The summed E-state index contributed by atoms with van der Waals surface area (Å²) in [5, 5.41) is 11.1. The summed E-state index contributed by atoms with van der Waals surface area (Å²) in [5.41, 5.74) is 2.42. The standard InChI is InChI=1S/C21H30ClN5S.HI/c1-3-20-26-19(15-28-20)14-27-10-8-17(9-11-27)13-25-21(23-2)24-12-16-4-6-18(22)7-5-16;/h4-7,15,17H,3,8-14H2,1-2H3,(H2,23,24,25);1H. The number of piperidine rings is 1. The van der Waals surface area contributed by atoms with Gasteiger partial charge in [0.25, 0.3) is 0 Å². The summed E-state index contributed by atoms with van der Waals surface area (Å²) in [7, 11) is 1.82. The molecule has 0 bridgehead atoms. The van der Waals surface area contributed by atoms with Crippen LogP contribution < -0.4 is 10.6 Å². The zero-order valence-electron chi connectivity index (χ0n) is 17.2. The maximum atomic E-state index is 5.94. The Balaban J connectivity index is 0.00000300. The van der Waals surface area contributed by atoms with Crippen molar-refractivity contribution in [2.75, 3.05) is 26.7 Å². The van der Waals surface area contributed by atoms with Crippen molar-refractivity contribution in [3.05, 3.63) is 50.9 Å². The van der Waals surface area contributed by atoms with Crippen molar-refractivity contribution in [3.63, 3.8) is 0 Å². The molecule has 0 atom stereocenters. The molecule has 0 amide bonds. The Morgan fingerprint density at radius 1 is 1.24 bits per heavy atom. The highest BCUT2D eigenvalue weighted by Crippen LogP contribution is 2.19. The second kappa shape index (κ2) is 12.7. The topological polar surface area (TPSA) is 52.6 Å². The van der Waals surface area contributed by atoms with Gasteiger partial charge < -0.3 is 10.6 Å². The van der Waals surface area contributed by atoms with E-state index in [0.717, 1.165) is 50.1 Å². The van der Waals surface area contributed by atoms with Gasteiger partial charge in [-0.05, 0) is 56.0 Å². The zero-order chi connectivity index (χ0) is 19.8. The van der Waals surface area contributed by atoms with Crippen molar-refractivity contribution in [2.24, 2.45) is 10.9 Å². The van der Waals surface area contributed by atoms with E-state index in [1.54, 1.807) is 11.3 Å². The molecule has 160 valence electrons. The maximum Gasteiger partial charge on any atom is 0.191 e. The lowest BCUT2D eigenvalue weighted by molar-refractivity contribution is 0.176. The minimum absolute atomic E-state index is 0. The number of nitrogens with zero attached hydrogens (tertiary/aromatic N) is 3. The molecule has 29 heavy (non-hydrogen) atoms. The minimum atomic E-state index is 0. The van der Waals surface area contributed by atoms with Crippen LogP contribution >= 0.6 is 46.9 Å². The van der Waals surface area contributed by atoms with Crippen molar-refractivity contribution in [3.8, 4) is 0 Å². The molecular formula is C21H31ClIN5S. The van der Waals surface area contributed by atoms with Gasteiger partial charge in [-0.3, -0.25) is 9.89 Å². The van der Waals surface area contributed by atoms with Crippen LogP contribution in [-0.4, -0.2) is 42.5 Å². The van der Waals surface area contributed by atoms with Gasteiger partial charge in [0, 0.05) is 37.1 Å². The molecule has 1 saturated heterocycles. The van der Waals surface area contributed by atoms with E-state index in [-0.39, 0.29) is 24.0 Å². The van der Waals surface area contributed by atoms with Crippen molar-refractivity contribution in [1.82, 2.24) is 20.5 Å². The van der Waals surface area contributed by atoms with Gasteiger partial charge in [-0.2, -0.15) is 0 Å². The van der Waals surface area contributed by atoms with E-state index in [1.165, 1.54) is 29.1 Å². The molecule has 1 aromatic carbocycles. The molecule has 0 spiro atoms. The quantitative estimate of drug-likeness (QED) is 0.303. The molecule has 0 radical (unpaired) electrons. The van der Waals surface area contributed by atoms with Gasteiger partial charge in [0.15, 0.2) is 5.96 Å². The first-order valence-electron chi connectivity index (χ1n) is 10.0. The number of benzene rings is 1. The monoisotopic (exact) mass is 547 g/mol. The van der Waals surface area contributed by atoms with Crippen LogP contribution in [0.5, 0.6) is 0 Å². The van der Waals surface area contributed by atoms with Crippen molar-refractivity contribution in [2.45, 2.75) is 39.3 Å². The molecule has 3 rings (SSSR count). The average Bonchev–Trinajstić information content (AvgIpc) is 3.18. The fraction of sp³-hybridized carbons (Fsp3) is 0.524. The number of aliphatic imine (C=N–C) groups is 1. The molecule has 0 unspecified atom stereocenters. The molecule has 2 aromatic rings. The number of aromatic nitrogens is 1. The van der Waals surface area contributed by atoms with E-state index in [2.05, 4.69) is 32.8 Å². The Morgan fingerprint density at radius 2 is 1.97 bits per heavy atom. The molecule has 2 N–H and O–H groups in total. The van der Waals surface area contributed by atoms with Gasteiger partial charge in [0.2, 0.25) is 0 Å². The van der Waals surface area contributed by atoms with E-state index in [0.29, 0.717) is 5.92 Å². The van der Waals surface area contributed by atoms with Crippen molar-refractivity contribution in [1.29, 1.82) is 0 Å². The van der Waals surface area contributed by atoms with Gasteiger partial charge in [-0.25, -0.2) is 4.98 Å². The Bertz CT molecular complexity index is 757. The van der Waals surface area contributed by atoms with Crippen molar-refractivity contribution < 1.29 is 0 Å². The molecule has 1 aliphatic heterocycles. The largest absolute Gasteiger partial charge is 0.356 e. The summed E-state index contributed by atoms with van der Waals surface area (Å²) < 4.78 is 0. The van der Waals surface area contributed by atoms with E-state index < -0.39 is 0 Å². The van der Waals surface area contributed by atoms with Gasteiger partial charge in [0.05, 0.1) is 10.7 Å². The summed E-state index contributed by atoms with van der Waals surface area (Å²) in [6, 6.07) is 7.89. The first-order chi connectivity index (χ1) is 13.7. The highest BCUT2D eigenvalue weighted by molar-refractivity contribution is 14.0. The number of halogens is 2. The lowest BCUT2D eigenvalue weighted by Crippen LogP contribution is -2.42.